The van der Waals surface area contributed by atoms with Crippen LogP contribution in [0.2, 0.25) is 0 Å². The van der Waals surface area contributed by atoms with Gasteiger partial charge in [-0.2, -0.15) is 0 Å². The second kappa shape index (κ2) is 6.91. The minimum absolute atomic E-state index is 0.00964. The fourth-order valence-corrected chi connectivity index (χ4v) is 1.36. The lowest BCUT2D eigenvalue weighted by Crippen LogP contribution is -2.30. The van der Waals surface area contributed by atoms with Gasteiger partial charge in [-0.25, -0.2) is 0 Å². The first-order valence-corrected chi connectivity index (χ1v) is 5.71. The number of rotatable bonds is 6. The summed E-state index contributed by atoms with van der Waals surface area (Å²) >= 11 is 0. The number of amides is 1. The highest BCUT2D eigenvalue weighted by Crippen LogP contribution is 2.18. The van der Waals surface area contributed by atoms with Crippen molar-refractivity contribution in [1.82, 2.24) is 5.32 Å². The normalized spacial score (nSPS) is 10.1. The molecule has 0 aliphatic rings. The molecule has 0 atom stereocenters. The molecule has 1 aromatic rings. The number of hydrogen-bond acceptors (Lipinski definition) is 3. The molecule has 4 nitrogen and oxygen atoms in total. The molecule has 1 amide bonds. The molecule has 0 heterocycles. The van der Waals surface area contributed by atoms with E-state index in [4.69, 9.17) is 9.84 Å². The molecule has 94 valence electrons. The van der Waals surface area contributed by atoms with Crippen LogP contribution < -0.4 is 10.1 Å². The summed E-state index contributed by atoms with van der Waals surface area (Å²) in [6.45, 7) is 4.49. The van der Waals surface area contributed by atoms with Crippen LogP contribution in [-0.2, 0) is 4.79 Å². The Labute approximate surface area is 102 Å². The molecular weight excluding hydrogens is 218 g/mol. The SMILES string of the molecule is Cc1ccc(C)c(OCC(=O)NCCCO)c1. The van der Waals surface area contributed by atoms with Gasteiger partial charge in [-0.05, 0) is 37.5 Å². The maximum atomic E-state index is 11.4. The third-order valence-corrected chi connectivity index (χ3v) is 2.36. The topological polar surface area (TPSA) is 58.6 Å². The lowest BCUT2D eigenvalue weighted by Gasteiger charge is -2.10. The molecule has 1 rings (SSSR count). The third kappa shape index (κ3) is 4.87. The maximum absolute atomic E-state index is 11.4. The van der Waals surface area contributed by atoms with Crippen LogP contribution in [0.4, 0.5) is 0 Å². The van der Waals surface area contributed by atoms with Gasteiger partial charge in [-0.15, -0.1) is 0 Å². The van der Waals surface area contributed by atoms with Crippen molar-refractivity contribution in [3.63, 3.8) is 0 Å². The van der Waals surface area contributed by atoms with Gasteiger partial charge in [0.25, 0.3) is 5.91 Å². The number of benzene rings is 1. The maximum Gasteiger partial charge on any atom is 0.257 e. The number of nitrogens with one attached hydrogen (secondary N) is 1. The van der Waals surface area contributed by atoms with Gasteiger partial charge in [0.05, 0.1) is 0 Å². The molecule has 0 radical (unpaired) electrons. The highest BCUT2D eigenvalue weighted by atomic mass is 16.5. The Morgan fingerprint density at radius 2 is 2.18 bits per heavy atom. The standard InChI is InChI=1S/C13H19NO3/c1-10-4-5-11(2)12(8-10)17-9-13(16)14-6-3-7-15/h4-5,8,15H,3,6-7,9H2,1-2H3,(H,14,16). The number of aryl methyl sites for hydroxylation is 2. The summed E-state index contributed by atoms with van der Waals surface area (Å²) in [5.74, 6) is 0.571. The lowest BCUT2D eigenvalue weighted by atomic mass is 10.1. The van der Waals surface area contributed by atoms with Crippen LogP contribution in [0.25, 0.3) is 0 Å². The van der Waals surface area contributed by atoms with Gasteiger partial charge in [0.2, 0.25) is 0 Å². The molecule has 17 heavy (non-hydrogen) atoms. The van der Waals surface area contributed by atoms with Gasteiger partial charge in [0, 0.05) is 13.2 Å². The Morgan fingerprint density at radius 1 is 1.41 bits per heavy atom. The summed E-state index contributed by atoms with van der Waals surface area (Å²) in [7, 11) is 0. The third-order valence-electron chi connectivity index (χ3n) is 2.36. The van der Waals surface area contributed by atoms with Gasteiger partial charge in [-0.3, -0.25) is 4.79 Å². The van der Waals surface area contributed by atoms with Crippen molar-refractivity contribution >= 4 is 5.91 Å². The van der Waals surface area contributed by atoms with Crippen molar-refractivity contribution in [2.24, 2.45) is 0 Å². The zero-order valence-electron chi connectivity index (χ0n) is 10.3. The Bertz CT molecular complexity index is 377. The van der Waals surface area contributed by atoms with Gasteiger partial charge >= 0.3 is 0 Å². The van der Waals surface area contributed by atoms with E-state index in [0.717, 1.165) is 16.9 Å². The smallest absolute Gasteiger partial charge is 0.257 e. The van der Waals surface area contributed by atoms with Crippen LogP contribution in [0.1, 0.15) is 17.5 Å². The van der Waals surface area contributed by atoms with E-state index in [1.165, 1.54) is 0 Å². The zero-order valence-corrected chi connectivity index (χ0v) is 10.3. The van der Waals surface area contributed by atoms with Crippen molar-refractivity contribution in [2.45, 2.75) is 20.3 Å². The van der Waals surface area contributed by atoms with Gasteiger partial charge in [-0.1, -0.05) is 12.1 Å². The highest BCUT2D eigenvalue weighted by Gasteiger charge is 2.04. The van der Waals surface area contributed by atoms with Crippen LogP contribution in [0.15, 0.2) is 18.2 Å². The molecule has 0 saturated carbocycles. The summed E-state index contributed by atoms with van der Waals surface area (Å²) in [4.78, 5) is 11.4. The number of aliphatic hydroxyl groups excluding tert-OH is 1. The molecule has 0 aliphatic carbocycles. The summed E-state index contributed by atoms with van der Waals surface area (Å²) in [6.07, 6.45) is 0.565. The van der Waals surface area contributed by atoms with Crippen LogP contribution in [0.5, 0.6) is 5.75 Å². The van der Waals surface area contributed by atoms with E-state index < -0.39 is 0 Å². The fraction of sp³-hybridized carbons (Fsp3) is 0.462. The molecule has 0 spiro atoms. The van der Waals surface area contributed by atoms with Crippen molar-refractivity contribution in [2.75, 3.05) is 19.8 Å². The molecule has 2 N–H and O–H groups in total. The summed E-state index contributed by atoms with van der Waals surface area (Å²) in [5, 5.41) is 11.2. The van der Waals surface area contributed by atoms with E-state index in [2.05, 4.69) is 5.32 Å². The molecule has 0 bridgehead atoms. The van der Waals surface area contributed by atoms with Crippen molar-refractivity contribution in [1.29, 1.82) is 0 Å². The summed E-state index contributed by atoms with van der Waals surface area (Å²) in [6, 6.07) is 5.88. The first-order chi connectivity index (χ1) is 8.13. The zero-order chi connectivity index (χ0) is 12.7. The fourth-order valence-electron chi connectivity index (χ4n) is 1.36. The van der Waals surface area contributed by atoms with E-state index in [-0.39, 0.29) is 19.1 Å². The second-order valence-corrected chi connectivity index (χ2v) is 3.98. The number of hydrogen-bond donors (Lipinski definition) is 2. The predicted molar refractivity (Wildman–Crippen MR) is 66.1 cm³/mol. The first-order valence-electron chi connectivity index (χ1n) is 5.71. The van der Waals surface area contributed by atoms with E-state index in [1.807, 2.05) is 32.0 Å². The van der Waals surface area contributed by atoms with Crippen LogP contribution >= 0.6 is 0 Å². The number of carbonyl (C=O) groups is 1. The Hall–Kier alpha value is -1.55. The molecule has 4 heteroatoms. The molecule has 0 unspecified atom stereocenters. The Kier molecular flexibility index (Phi) is 5.49. The van der Waals surface area contributed by atoms with Crippen molar-refractivity contribution in [3.8, 4) is 5.75 Å². The van der Waals surface area contributed by atoms with Crippen molar-refractivity contribution in [3.05, 3.63) is 29.3 Å². The molecule has 0 aromatic heterocycles. The van der Waals surface area contributed by atoms with E-state index in [1.54, 1.807) is 0 Å². The average Bonchev–Trinajstić information content (AvgIpc) is 2.31. The average molecular weight is 237 g/mol. The minimum atomic E-state index is -0.167. The van der Waals surface area contributed by atoms with E-state index >= 15 is 0 Å². The molecule has 1 aromatic carbocycles. The van der Waals surface area contributed by atoms with Gasteiger partial charge in [0.15, 0.2) is 6.61 Å². The summed E-state index contributed by atoms with van der Waals surface area (Å²) < 4.78 is 5.44. The second-order valence-electron chi connectivity index (χ2n) is 3.98. The van der Waals surface area contributed by atoms with Gasteiger partial charge in [0.1, 0.15) is 5.75 Å². The first kappa shape index (κ1) is 13.5. The molecule has 0 saturated heterocycles. The minimum Gasteiger partial charge on any atom is -0.483 e. The number of aliphatic hydroxyl groups is 1. The molecule has 0 fully saturated rings. The van der Waals surface area contributed by atoms with Gasteiger partial charge < -0.3 is 15.2 Å². The molecule has 0 aliphatic heterocycles. The number of carbonyl (C=O) groups excluding carboxylic acids is 1. The number of ether oxygens (including phenoxy) is 1. The molecular formula is C13H19NO3. The van der Waals surface area contributed by atoms with Crippen LogP contribution in [0, 0.1) is 13.8 Å². The largest absolute Gasteiger partial charge is 0.483 e. The van der Waals surface area contributed by atoms with E-state index in [9.17, 15) is 4.79 Å². The van der Waals surface area contributed by atoms with Crippen molar-refractivity contribution < 1.29 is 14.6 Å². The van der Waals surface area contributed by atoms with E-state index in [0.29, 0.717) is 13.0 Å². The Balaban J connectivity index is 2.39. The van der Waals surface area contributed by atoms with Crippen LogP contribution in [0.3, 0.4) is 0 Å². The monoisotopic (exact) mass is 237 g/mol. The predicted octanol–water partition coefficient (Wildman–Crippen LogP) is 1.18. The summed E-state index contributed by atoms with van der Waals surface area (Å²) in [5.41, 5.74) is 2.12. The van der Waals surface area contributed by atoms with Crippen LogP contribution in [-0.4, -0.2) is 30.8 Å². The Morgan fingerprint density at radius 3 is 2.88 bits per heavy atom. The quantitative estimate of drug-likeness (QED) is 0.730. The highest BCUT2D eigenvalue weighted by molar-refractivity contribution is 5.77. The lowest BCUT2D eigenvalue weighted by molar-refractivity contribution is -0.123.